The van der Waals surface area contributed by atoms with Gasteiger partial charge >= 0.3 is 0 Å². The third-order valence-corrected chi connectivity index (χ3v) is 5.39. The molecule has 0 saturated heterocycles. The lowest BCUT2D eigenvalue weighted by atomic mass is 10.1. The van der Waals surface area contributed by atoms with Crippen molar-refractivity contribution in [3.8, 4) is 0 Å². The van der Waals surface area contributed by atoms with E-state index in [1.807, 2.05) is 39.0 Å². The predicted octanol–water partition coefficient (Wildman–Crippen LogP) is 1.85. The summed E-state index contributed by atoms with van der Waals surface area (Å²) in [5.74, 6) is -0.720. The number of hydrogen-bond donors (Lipinski definition) is 2. The SMILES string of the molecule is CCc1nnc(NC(=O)c2nc3c(nnn3Cc3cc(C)ccc3C)c(=O)[nH]2)s1. The second kappa shape index (κ2) is 7.51. The average molecular weight is 410 g/mol. The smallest absolute Gasteiger partial charge is 0.293 e. The number of carbonyl (C=O) groups excluding carboxylic acids is 1. The summed E-state index contributed by atoms with van der Waals surface area (Å²) in [4.78, 5) is 31.7. The number of amides is 1. The normalized spacial score (nSPS) is 11.1. The van der Waals surface area contributed by atoms with E-state index in [0.29, 0.717) is 11.7 Å². The third kappa shape index (κ3) is 3.76. The van der Waals surface area contributed by atoms with Crippen molar-refractivity contribution in [1.29, 1.82) is 0 Å². The number of rotatable bonds is 5. The Morgan fingerprint density at radius 1 is 1.24 bits per heavy atom. The van der Waals surface area contributed by atoms with Crippen molar-refractivity contribution in [2.24, 2.45) is 0 Å². The minimum absolute atomic E-state index is 0.0797. The molecule has 29 heavy (non-hydrogen) atoms. The summed E-state index contributed by atoms with van der Waals surface area (Å²) in [5.41, 5.74) is 3.03. The topological polar surface area (TPSA) is 131 Å². The van der Waals surface area contributed by atoms with Gasteiger partial charge in [0.2, 0.25) is 11.0 Å². The molecule has 1 aromatic carbocycles. The Kier molecular flexibility index (Phi) is 4.89. The van der Waals surface area contributed by atoms with Crippen LogP contribution in [-0.2, 0) is 13.0 Å². The molecule has 0 saturated carbocycles. The van der Waals surface area contributed by atoms with Crippen LogP contribution in [0.4, 0.5) is 5.13 Å². The van der Waals surface area contributed by atoms with Crippen LogP contribution in [0.1, 0.15) is 39.2 Å². The van der Waals surface area contributed by atoms with Gasteiger partial charge in [-0.2, -0.15) is 0 Å². The number of anilines is 1. The third-order valence-electron chi connectivity index (χ3n) is 4.40. The highest BCUT2D eigenvalue weighted by Gasteiger charge is 2.18. The standard InChI is InChI=1S/C18H18N8O2S/c1-4-12-22-24-18(29-12)21-17(28)14-19-15-13(16(27)20-14)23-25-26(15)8-11-7-9(2)5-6-10(11)3/h5-7H,4,8H2,1-3H3,(H,19,20,27)(H,21,24,28). The summed E-state index contributed by atoms with van der Waals surface area (Å²) in [6.45, 7) is 6.34. The molecule has 148 valence electrons. The molecule has 4 rings (SSSR count). The number of nitrogens with one attached hydrogen (secondary N) is 2. The van der Waals surface area contributed by atoms with E-state index < -0.39 is 11.5 Å². The summed E-state index contributed by atoms with van der Waals surface area (Å²) >= 11 is 1.27. The fraction of sp³-hybridized carbons (Fsp3) is 0.278. The quantitative estimate of drug-likeness (QED) is 0.513. The molecule has 0 aliphatic heterocycles. The highest BCUT2D eigenvalue weighted by Crippen LogP contribution is 2.17. The maximum atomic E-state index is 12.5. The number of hydrogen-bond acceptors (Lipinski definition) is 8. The molecule has 0 radical (unpaired) electrons. The average Bonchev–Trinajstić information content (AvgIpc) is 3.32. The van der Waals surface area contributed by atoms with Gasteiger partial charge in [-0.15, -0.1) is 15.3 Å². The van der Waals surface area contributed by atoms with Gasteiger partial charge in [-0.1, -0.05) is 47.2 Å². The van der Waals surface area contributed by atoms with Crippen LogP contribution in [0.3, 0.4) is 0 Å². The number of fused-ring (bicyclic) bond motifs is 1. The lowest BCUT2D eigenvalue weighted by molar-refractivity contribution is 0.101. The number of carbonyl (C=O) groups is 1. The van der Waals surface area contributed by atoms with Crippen molar-refractivity contribution >= 4 is 33.5 Å². The Bertz CT molecular complexity index is 1270. The first-order chi connectivity index (χ1) is 13.9. The van der Waals surface area contributed by atoms with Crippen LogP contribution in [0.25, 0.3) is 11.2 Å². The number of H-pyrrole nitrogens is 1. The van der Waals surface area contributed by atoms with E-state index in [0.717, 1.165) is 28.1 Å². The summed E-state index contributed by atoms with van der Waals surface area (Å²) in [5, 5.41) is 19.6. The van der Waals surface area contributed by atoms with Crippen LogP contribution >= 0.6 is 11.3 Å². The van der Waals surface area contributed by atoms with Crippen molar-refractivity contribution in [1.82, 2.24) is 35.2 Å². The first-order valence-electron chi connectivity index (χ1n) is 8.98. The summed E-state index contributed by atoms with van der Waals surface area (Å²) in [6.07, 6.45) is 0.720. The van der Waals surface area contributed by atoms with Crippen molar-refractivity contribution < 1.29 is 4.79 Å². The van der Waals surface area contributed by atoms with E-state index in [-0.39, 0.29) is 17.0 Å². The zero-order chi connectivity index (χ0) is 20.5. The number of aromatic nitrogens is 7. The molecule has 0 spiro atoms. The van der Waals surface area contributed by atoms with Gasteiger partial charge in [-0.25, -0.2) is 9.67 Å². The lowest BCUT2D eigenvalue weighted by Crippen LogP contribution is -2.21. The van der Waals surface area contributed by atoms with E-state index >= 15 is 0 Å². The number of nitrogens with zero attached hydrogens (tertiary/aromatic N) is 6. The highest BCUT2D eigenvalue weighted by molar-refractivity contribution is 7.15. The van der Waals surface area contributed by atoms with Crippen molar-refractivity contribution in [2.75, 3.05) is 5.32 Å². The zero-order valence-electron chi connectivity index (χ0n) is 16.1. The van der Waals surface area contributed by atoms with E-state index in [1.54, 1.807) is 0 Å². The molecule has 1 amide bonds. The Morgan fingerprint density at radius 2 is 2.07 bits per heavy atom. The maximum Gasteiger partial charge on any atom is 0.293 e. The number of aromatic amines is 1. The second-order valence-electron chi connectivity index (χ2n) is 6.57. The van der Waals surface area contributed by atoms with Crippen LogP contribution in [0.15, 0.2) is 23.0 Å². The van der Waals surface area contributed by atoms with Crippen molar-refractivity contribution in [2.45, 2.75) is 33.7 Å². The van der Waals surface area contributed by atoms with Gasteiger partial charge in [0.05, 0.1) is 6.54 Å². The van der Waals surface area contributed by atoms with E-state index in [9.17, 15) is 9.59 Å². The van der Waals surface area contributed by atoms with Gasteiger partial charge in [-0.3, -0.25) is 14.9 Å². The Labute approximate surface area is 169 Å². The summed E-state index contributed by atoms with van der Waals surface area (Å²) in [7, 11) is 0. The molecule has 11 heteroatoms. The van der Waals surface area contributed by atoms with Crippen LogP contribution in [-0.4, -0.2) is 41.1 Å². The van der Waals surface area contributed by atoms with Gasteiger partial charge < -0.3 is 4.98 Å². The molecule has 10 nitrogen and oxygen atoms in total. The van der Waals surface area contributed by atoms with Gasteiger partial charge in [0.1, 0.15) is 5.01 Å². The monoisotopic (exact) mass is 410 g/mol. The summed E-state index contributed by atoms with van der Waals surface area (Å²) < 4.78 is 1.52. The Balaban J connectivity index is 1.68. The molecule has 0 aliphatic rings. The zero-order valence-corrected chi connectivity index (χ0v) is 16.9. The van der Waals surface area contributed by atoms with Crippen LogP contribution < -0.4 is 10.9 Å². The fourth-order valence-electron chi connectivity index (χ4n) is 2.82. The van der Waals surface area contributed by atoms with E-state index in [2.05, 4.69) is 35.8 Å². The first kappa shape index (κ1) is 18.9. The van der Waals surface area contributed by atoms with Crippen LogP contribution in [0.5, 0.6) is 0 Å². The molecule has 2 N–H and O–H groups in total. The molecule has 4 aromatic rings. The first-order valence-corrected chi connectivity index (χ1v) is 9.79. The molecular weight excluding hydrogens is 392 g/mol. The Morgan fingerprint density at radius 3 is 2.83 bits per heavy atom. The number of aryl methyl sites for hydroxylation is 3. The fourth-order valence-corrected chi connectivity index (χ4v) is 3.49. The van der Waals surface area contributed by atoms with Gasteiger partial charge in [0.25, 0.3) is 11.5 Å². The molecule has 0 atom stereocenters. The molecule has 0 bridgehead atoms. The minimum Gasteiger partial charge on any atom is -0.300 e. The van der Waals surface area contributed by atoms with Crippen molar-refractivity contribution in [3.05, 3.63) is 56.1 Å². The van der Waals surface area contributed by atoms with E-state index in [1.165, 1.54) is 16.0 Å². The molecule has 3 heterocycles. The van der Waals surface area contributed by atoms with Crippen LogP contribution in [0.2, 0.25) is 0 Å². The molecule has 0 fully saturated rings. The van der Waals surface area contributed by atoms with Gasteiger partial charge in [-0.05, 0) is 31.4 Å². The molecule has 0 aliphatic carbocycles. The van der Waals surface area contributed by atoms with E-state index in [4.69, 9.17) is 0 Å². The predicted molar refractivity (Wildman–Crippen MR) is 108 cm³/mol. The second-order valence-corrected chi connectivity index (χ2v) is 7.63. The van der Waals surface area contributed by atoms with Gasteiger partial charge in [0, 0.05) is 0 Å². The molecular formula is C18H18N8O2S. The maximum absolute atomic E-state index is 12.5. The largest absolute Gasteiger partial charge is 0.300 e. The van der Waals surface area contributed by atoms with Crippen LogP contribution in [0, 0.1) is 13.8 Å². The highest BCUT2D eigenvalue weighted by atomic mass is 32.1. The Hall–Kier alpha value is -3.47. The minimum atomic E-state index is -0.581. The van der Waals surface area contributed by atoms with Gasteiger partial charge in [0.15, 0.2) is 11.2 Å². The van der Waals surface area contributed by atoms with Crippen molar-refractivity contribution in [3.63, 3.8) is 0 Å². The molecule has 0 unspecified atom stereocenters. The number of benzene rings is 1. The summed E-state index contributed by atoms with van der Waals surface area (Å²) in [6, 6.07) is 6.10. The molecule has 3 aromatic heterocycles. The lowest BCUT2D eigenvalue weighted by Gasteiger charge is -2.07.